The van der Waals surface area contributed by atoms with Gasteiger partial charge in [0.2, 0.25) is 0 Å². The van der Waals surface area contributed by atoms with Crippen molar-refractivity contribution in [1.29, 1.82) is 0 Å². The molecule has 2 aromatic rings. The number of benzene rings is 2. The Morgan fingerprint density at radius 3 is 2.33 bits per heavy atom. The van der Waals surface area contributed by atoms with Crippen LogP contribution >= 0.6 is 11.6 Å². The van der Waals surface area contributed by atoms with Gasteiger partial charge in [0.15, 0.2) is 6.29 Å². The zero-order chi connectivity index (χ0) is 12.5. The van der Waals surface area contributed by atoms with Crippen molar-refractivity contribution in [2.24, 2.45) is 0 Å². The molecule has 0 unspecified atom stereocenters. The molecule has 0 radical (unpaired) electrons. The molecule has 0 bridgehead atoms. The average Bonchev–Trinajstić information content (AvgIpc) is 2.82. The van der Waals surface area contributed by atoms with Gasteiger partial charge in [-0.2, -0.15) is 0 Å². The highest BCUT2D eigenvalue weighted by Crippen LogP contribution is 2.31. The largest absolute Gasteiger partial charge is 0.362 e. The van der Waals surface area contributed by atoms with Crippen molar-refractivity contribution in [3.05, 3.63) is 64.2 Å². The molecule has 1 heterocycles. The van der Waals surface area contributed by atoms with Crippen LogP contribution in [0.5, 0.6) is 0 Å². The van der Waals surface area contributed by atoms with E-state index in [-0.39, 0.29) is 0 Å². The molecule has 0 saturated carbocycles. The monoisotopic (exact) mass is 257 g/mol. The van der Waals surface area contributed by atoms with Gasteiger partial charge in [-0.05, 0) is 29.3 Å². The first kappa shape index (κ1) is 11.3. The predicted molar refractivity (Wildman–Crippen MR) is 73.2 cm³/mol. The van der Waals surface area contributed by atoms with E-state index in [0.29, 0.717) is 10.6 Å². The van der Waals surface area contributed by atoms with Gasteiger partial charge in [-0.15, -0.1) is 0 Å². The molecule has 18 heavy (non-hydrogen) atoms. The number of carbonyl (C=O) groups excluding carboxylic acids is 1. The van der Waals surface area contributed by atoms with E-state index in [2.05, 4.69) is 17.0 Å². The van der Waals surface area contributed by atoms with Gasteiger partial charge in [-0.1, -0.05) is 35.9 Å². The maximum absolute atomic E-state index is 11.1. The summed E-state index contributed by atoms with van der Waals surface area (Å²) in [5, 5.41) is 0.595. The first-order valence-electron chi connectivity index (χ1n) is 5.84. The Labute approximate surface area is 111 Å². The van der Waals surface area contributed by atoms with Crippen LogP contribution in [-0.4, -0.2) is 6.29 Å². The van der Waals surface area contributed by atoms with Crippen molar-refractivity contribution < 1.29 is 4.79 Å². The van der Waals surface area contributed by atoms with E-state index in [1.54, 1.807) is 6.07 Å². The van der Waals surface area contributed by atoms with Crippen LogP contribution in [0.3, 0.4) is 0 Å². The second-order valence-electron chi connectivity index (χ2n) is 4.45. The lowest BCUT2D eigenvalue weighted by atomic mass is 10.1. The van der Waals surface area contributed by atoms with Gasteiger partial charge < -0.3 is 4.90 Å². The van der Waals surface area contributed by atoms with Gasteiger partial charge in [0.1, 0.15) is 0 Å². The molecule has 3 rings (SSSR count). The van der Waals surface area contributed by atoms with Crippen LogP contribution in [0.25, 0.3) is 0 Å². The standard InChI is InChI=1S/C15H12ClNO/c16-14-5-6-15(13(7-14)10-18)17-8-11-3-1-2-4-12(11)9-17/h1-7,10H,8-9H2. The third-order valence-electron chi connectivity index (χ3n) is 3.30. The molecule has 2 nitrogen and oxygen atoms in total. The summed E-state index contributed by atoms with van der Waals surface area (Å²) in [5.74, 6) is 0. The van der Waals surface area contributed by atoms with Gasteiger partial charge in [0.25, 0.3) is 0 Å². The van der Waals surface area contributed by atoms with Crippen LogP contribution in [0.15, 0.2) is 42.5 Å². The van der Waals surface area contributed by atoms with Gasteiger partial charge in [0.05, 0.1) is 0 Å². The molecule has 2 aromatic carbocycles. The molecular formula is C15H12ClNO. The third-order valence-corrected chi connectivity index (χ3v) is 3.53. The summed E-state index contributed by atoms with van der Waals surface area (Å²) in [4.78, 5) is 13.3. The average molecular weight is 258 g/mol. The number of anilines is 1. The molecular weight excluding hydrogens is 246 g/mol. The van der Waals surface area contributed by atoms with Crippen molar-refractivity contribution in [3.8, 4) is 0 Å². The van der Waals surface area contributed by atoms with Crippen LogP contribution in [-0.2, 0) is 13.1 Å². The van der Waals surface area contributed by atoms with Gasteiger partial charge in [-0.25, -0.2) is 0 Å². The highest BCUT2D eigenvalue weighted by molar-refractivity contribution is 6.31. The summed E-state index contributed by atoms with van der Waals surface area (Å²) in [6.45, 7) is 1.69. The predicted octanol–water partition coefficient (Wildman–Crippen LogP) is 3.67. The Hall–Kier alpha value is -1.80. The van der Waals surface area contributed by atoms with E-state index in [1.807, 2.05) is 24.3 Å². The number of hydrogen-bond donors (Lipinski definition) is 0. The number of aldehydes is 1. The van der Waals surface area contributed by atoms with Gasteiger partial charge >= 0.3 is 0 Å². The number of hydrogen-bond acceptors (Lipinski definition) is 2. The maximum Gasteiger partial charge on any atom is 0.152 e. The number of nitrogens with zero attached hydrogens (tertiary/aromatic N) is 1. The Morgan fingerprint density at radius 1 is 1.06 bits per heavy atom. The van der Waals surface area contributed by atoms with Crippen molar-refractivity contribution in [3.63, 3.8) is 0 Å². The Balaban J connectivity index is 1.97. The fourth-order valence-corrected chi connectivity index (χ4v) is 2.59. The van der Waals surface area contributed by atoms with Gasteiger partial charge in [0, 0.05) is 29.4 Å². The Bertz CT molecular complexity index is 584. The molecule has 1 aliphatic rings. The van der Waals surface area contributed by atoms with Crippen molar-refractivity contribution in [1.82, 2.24) is 0 Å². The summed E-state index contributed by atoms with van der Waals surface area (Å²) in [7, 11) is 0. The number of halogens is 1. The minimum absolute atomic E-state index is 0.595. The quantitative estimate of drug-likeness (QED) is 0.765. The smallest absolute Gasteiger partial charge is 0.152 e. The first-order chi connectivity index (χ1) is 8.78. The highest BCUT2D eigenvalue weighted by atomic mass is 35.5. The molecule has 0 fully saturated rings. The second kappa shape index (κ2) is 4.46. The zero-order valence-corrected chi connectivity index (χ0v) is 10.5. The molecule has 90 valence electrons. The summed E-state index contributed by atoms with van der Waals surface area (Å²) < 4.78 is 0. The highest BCUT2D eigenvalue weighted by Gasteiger charge is 2.20. The minimum Gasteiger partial charge on any atom is -0.362 e. The van der Waals surface area contributed by atoms with Crippen LogP contribution in [0, 0.1) is 0 Å². The maximum atomic E-state index is 11.1. The van der Waals surface area contributed by atoms with E-state index in [4.69, 9.17) is 11.6 Å². The summed E-state index contributed by atoms with van der Waals surface area (Å²) in [5.41, 5.74) is 4.24. The normalized spacial score (nSPS) is 13.5. The van der Waals surface area contributed by atoms with Crippen molar-refractivity contribution >= 4 is 23.6 Å². The first-order valence-corrected chi connectivity index (χ1v) is 6.22. The SMILES string of the molecule is O=Cc1cc(Cl)ccc1N1Cc2ccccc2C1. The van der Waals surface area contributed by atoms with Crippen molar-refractivity contribution in [2.45, 2.75) is 13.1 Å². The fraction of sp³-hybridized carbons (Fsp3) is 0.133. The van der Waals surface area contributed by atoms with Crippen LogP contribution in [0.2, 0.25) is 5.02 Å². The number of rotatable bonds is 2. The minimum atomic E-state index is 0.595. The molecule has 0 N–H and O–H groups in total. The fourth-order valence-electron chi connectivity index (χ4n) is 2.41. The molecule has 0 amide bonds. The third kappa shape index (κ3) is 1.89. The van der Waals surface area contributed by atoms with Crippen LogP contribution < -0.4 is 4.90 Å². The zero-order valence-electron chi connectivity index (χ0n) is 9.77. The Morgan fingerprint density at radius 2 is 1.72 bits per heavy atom. The van der Waals surface area contributed by atoms with E-state index in [0.717, 1.165) is 25.1 Å². The lowest BCUT2D eigenvalue weighted by Gasteiger charge is -2.19. The summed E-state index contributed by atoms with van der Waals surface area (Å²) in [6, 6.07) is 13.8. The van der Waals surface area contributed by atoms with Crippen molar-refractivity contribution in [2.75, 3.05) is 4.90 Å². The molecule has 0 aromatic heterocycles. The van der Waals surface area contributed by atoms with Gasteiger partial charge in [-0.3, -0.25) is 4.79 Å². The molecule has 0 atom stereocenters. The lowest BCUT2D eigenvalue weighted by molar-refractivity contribution is 0.112. The second-order valence-corrected chi connectivity index (χ2v) is 4.88. The van der Waals surface area contributed by atoms with E-state index in [9.17, 15) is 4.79 Å². The van der Waals surface area contributed by atoms with E-state index in [1.165, 1.54) is 11.1 Å². The molecule has 0 saturated heterocycles. The van der Waals surface area contributed by atoms with E-state index < -0.39 is 0 Å². The molecule has 0 aliphatic carbocycles. The molecule has 3 heteroatoms. The lowest BCUT2D eigenvalue weighted by Crippen LogP contribution is -2.16. The van der Waals surface area contributed by atoms with Crippen LogP contribution in [0.4, 0.5) is 5.69 Å². The number of fused-ring (bicyclic) bond motifs is 1. The number of carbonyl (C=O) groups is 1. The topological polar surface area (TPSA) is 20.3 Å². The summed E-state index contributed by atoms with van der Waals surface area (Å²) >= 11 is 5.91. The van der Waals surface area contributed by atoms with Crippen LogP contribution in [0.1, 0.15) is 21.5 Å². The van der Waals surface area contributed by atoms with E-state index >= 15 is 0 Å². The summed E-state index contributed by atoms with van der Waals surface area (Å²) in [6.07, 6.45) is 0.865. The molecule has 0 spiro atoms. The Kier molecular flexibility index (Phi) is 2.80. The molecule has 1 aliphatic heterocycles.